The molecular formula is C17H18ClFO2. The molecule has 0 aliphatic heterocycles. The molecule has 0 radical (unpaired) electrons. The zero-order chi connectivity index (χ0) is 15.3. The van der Waals surface area contributed by atoms with Gasteiger partial charge in [-0.1, -0.05) is 48.0 Å². The lowest BCUT2D eigenvalue weighted by Gasteiger charge is -2.30. The number of hydrogen-bond donors (Lipinski definition) is 2. The SMILES string of the molecule is OCC(CO)(Cc1ccccc1)Cc1ccc(F)c(Cl)c1. The third-order valence-corrected chi connectivity index (χ3v) is 3.95. The van der Waals surface area contributed by atoms with E-state index in [9.17, 15) is 14.6 Å². The summed E-state index contributed by atoms with van der Waals surface area (Å²) in [7, 11) is 0. The highest BCUT2D eigenvalue weighted by Crippen LogP contribution is 2.29. The smallest absolute Gasteiger partial charge is 0.141 e. The monoisotopic (exact) mass is 308 g/mol. The van der Waals surface area contributed by atoms with E-state index in [0.29, 0.717) is 12.8 Å². The van der Waals surface area contributed by atoms with Crippen molar-refractivity contribution in [3.8, 4) is 0 Å². The van der Waals surface area contributed by atoms with Crippen molar-refractivity contribution in [1.82, 2.24) is 0 Å². The summed E-state index contributed by atoms with van der Waals surface area (Å²) in [4.78, 5) is 0. The standard InChI is InChI=1S/C17H18ClFO2/c18-15-8-14(6-7-16(15)19)10-17(11-20,12-21)9-13-4-2-1-3-5-13/h1-8,20-21H,9-12H2. The molecular weight excluding hydrogens is 291 g/mol. The minimum absolute atomic E-state index is 0.0528. The minimum atomic E-state index is -0.692. The van der Waals surface area contributed by atoms with Gasteiger partial charge in [-0.05, 0) is 36.1 Å². The molecule has 0 heterocycles. The van der Waals surface area contributed by atoms with Crippen LogP contribution in [0.2, 0.25) is 5.02 Å². The largest absolute Gasteiger partial charge is 0.396 e. The van der Waals surface area contributed by atoms with Gasteiger partial charge in [-0.15, -0.1) is 0 Å². The van der Waals surface area contributed by atoms with Crippen molar-refractivity contribution in [3.63, 3.8) is 0 Å². The van der Waals surface area contributed by atoms with Crippen LogP contribution in [0.1, 0.15) is 11.1 Å². The summed E-state index contributed by atoms with van der Waals surface area (Å²) in [5, 5.41) is 19.6. The van der Waals surface area contributed by atoms with Crippen LogP contribution in [0.15, 0.2) is 48.5 Å². The van der Waals surface area contributed by atoms with E-state index in [1.165, 1.54) is 6.07 Å². The number of aliphatic hydroxyl groups excluding tert-OH is 2. The number of hydrogen-bond acceptors (Lipinski definition) is 2. The zero-order valence-electron chi connectivity index (χ0n) is 11.6. The summed E-state index contributed by atoms with van der Waals surface area (Å²) in [5.41, 5.74) is 1.14. The van der Waals surface area contributed by atoms with Gasteiger partial charge in [0.15, 0.2) is 0 Å². The Morgan fingerprint density at radius 1 is 0.905 bits per heavy atom. The van der Waals surface area contributed by atoms with Gasteiger partial charge < -0.3 is 10.2 Å². The van der Waals surface area contributed by atoms with Crippen molar-refractivity contribution < 1.29 is 14.6 Å². The molecule has 0 saturated carbocycles. The Morgan fingerprint density at radius 2 is 1.52 bits per heavy atom. The Balaban J connectivity index is 2.23. The Labute approximate surface area is 128 Å². The van der Waals surface area contributed by atoms with Gasteiger partial charge in [0.2, 0.25) is 0 Å². The van der Waals surface area contributed by atoms with Gasteiger partial charge in [-0.3, -0.25) is 0 Å². The maximum Gasteiger partial charge on any atom is 0.141 e. The first kappa shape index (κ1) is 16.0. The molecule has 0 bridgehead atoms. The first-order valence-electron chi connectivity index (χ1n) is 6.78. The normalized spacial score (nSPS) is 11.6. The third-order valence-electron chi connectivity index (χ3n) is 3.66. The second-order valence-electron chi connectivity index (χ2n) is 5.40. The number of halogens is 2. The molecule has 2 aromatic carbocycles. The van der Waals surface area contributed by atoms with Gasteiger partial charge in [0.05, 0.1) is 18.2 Å². The zero-order valence-corrected chi connectivity index (χ0v) is 12.4. The molecule has 0 aromatic heterocycles. The molecule has 0 spiro atoms. The third kappa shape index (κ3) is 4.03. The van der Waals surface area contributed by atoms with E-state index in [2.05, 4.69) is 0 Å². The lowest BCUT2D eigenvalue weighted by atomic mass is 9.78. The van der Waals surface area contributed by atoms with Gasteiger partial charge in [-0.2, -0.15) is 0 Å². The molecule has 2 N–H and O–H groups in total. The Kier molecular flexibility index (Phi) is 5.34. The summed E-state index contributed by atoms with van der Waals surface area (Å²) in [6.07, 6.45) is 0.963. The van der Waals surface area contributed by atoms with Crippen LogP contribution in [0.3, 0.4) is 0 Å². The quantitative estimate of drug-likeness (QED) is 0.860. The van der Waals surface area contributed by atoms with E-state index in [1.807, 2.05) is 30.3 Å². The van der Waals surface area contributed by atoms with Crippen LogP contribution in [0.4, 0.5) is 4.39 Å². The lowest BCUT2D eigenvalue weighted by Crippen LogP contribution is -2.34. The van der Waals surface area contributed by atoms with Crippen LogP contribution in [0.5, 0.6) is 0 Å². The fraction of sp³-hybridized carbons (Fsp3) is 0.294. The van der Waals surface area contributed by atoms with Crippen molar-refractivity contribution in [2.45, 2.75) is 12.8 Å². The highest BCUT2D eigenvalue weighted by atomic mass is 35.5. The molecule has 0 aliphatic carbocycles. The molecule has 21 heavy (non-hydrogen) atoms. The molecule has 0 amide bonds. The number of rotatable bonds is 6. The van der Waals surface area contributed by atoms with E-state index in [4.69, 9.17) is 11.6 Å². The maximum atomic E-state index is 13.2. The van der Waals surface area contributed by atoms with Crippen LogP contribution < -0.4 is 0 Å². The minimum Gasteiger partial charge on any atom is -0.396 e. The van der Waals surface area contributed by atoms with Gasteiger partial charge in [-0.25, -0.2) is 4.39 Å². The van der Waals surface area contributed by atoms with Crippen LogP contribution in [0.25, 0.3) is 0 Å². The van der Waals surface area contributed by atoms with Crippen molar-refractivity contribution in [1.29, 1.82) is 0 Å². The van der Waals surface area contributed by atoms with Crippen molar-refractivity contribution >= 4 is 11.6 Å². The Hall–Kier alpha value is -1.42. The van der Waals surface area contributed by atoms with E-state index in [0.717, 1.165) is 11.1 Å². The highest BCUT2D eigenvalue weighted by molar-refractivity contribution is 6.30. The van der Waals surface area contributed by atoms with E-state index in [1.54, 1.807) is 12.1 Å². The highest BCUT2D eigenvalue weighted by Gasteiger charge is 2.29. The van der Waals surface area contributed by atoms with E-state index < -0.39 is 11.2 Å². The summed E-state index contributed by atoms with van der Waals surface area (Å²) in [5.74, 6) is -0.470. The van der Waals surface area contributed by atoms with Crippen molar-refractivity contribution in [2.75, 3.05) is 13.2 Å². The molecule has 0 fully saturated rings. The predicted octanol–water partition coefficient (Wildman–Crippen LogP) is 3.24. The molecule has 2 nitrogen and oxygen atoms in total. The average Bonchev–Trinajstić information content (AvgIpc) is 2.51. The second-order valence-corrected chi connectivity index (χ2v) is 5.81. The number of benzene rings is 2. The first-order valence-corrected chi connectivity index (χ1v) is 7.16. The Morgan fingerprint density at radius 3 is 2.10 bits per heavy atom. The van der Waals surface area contributed by atoms with E-state index in [-0.39, 0.29) is 18.2 Å². The van der Waals surface area contributed by atoms with Crippen LogP contribution >= 0.6 is 11.6 Å². The van der Waals surface area contributed by atoms with Crippen LogP contribution in [0, 0.1) is 11.2 Å². The molecule has 4 heteroatoms. The summed E-state index contributed by atoms with van der Waals surface area (Å²) in [6, 6.07) is 14.2. The summed E-state index contributed by atoms with van der Waals surface area (Å²) < 4.78 is 13.2. The maximum absolute atomic E-state index is 13.2. The van der Waals surface area contributed by atoms with Gasteiger partial charge in [0, 0.05) is 5.41 Å². The average molecular weight is 309 g/mol. The van der Waals surface area contributed by atoms with E-state index >= 15 is 0 Å². The fourth-order valence-electron chi connectivity index (χ4n) is 2.45. The summed E-state index contributed by atoms with van der Waals surface area (Å²) in [6.45, 7) is -0.319. The Bertz CT molecular complexity index is 583. The lowest BCUT2D eigenvalue weighted by molar-refractivity contribution is 0.0548. The molecule has 0 saturated heterocycles. The molecule has 0 unspecified atom stereocenters. The van der Waals surface area contributed by atoms with Gasteiger partial charge in [0.25, 0.3) is 0 Å². The first-order chi connectivity index (χ1) is 10.1. The van der Waals surface area contributed by atoms with Gasteiger partial charge in [0.1, 0.15) is 5.82 Å². The molecule has 0 atom stereocenters. The fourth-order valence-corrected chi connectivity index (χ4v) is 2.65. The second kappa shape index (κ2) is 7.03. The van der Waals surface area contributed by atoms with Crippen LogP contribution in [-0.2, 0) is 12.8 Å². The van der Waals surface area contributed by atoms with Crippen molar-refractivity contribution in [2.24, 2.45) is 5.41 Å². The van der Waals surface area contributed by atoms with Crippen LogP contribution in [-0.4, -0.2) is 23.4 Å². The van der Waals surface area contributed by atoms with Crippen molar-refractivity contribution in [3.05, 3.63) is 70.5 Å². The predicted molar refractivity (Wildman–Crippen MR) is 81.9 cm³/mol. The van der Waals surface area contributed by atoms with Gasteiger partial charge >= 0.3 is 0 Å². The number of aliphatic hydroxyl groups is 2. The topological polar surface area (TPSA) is 40.5 Å². The molecule has 2 aromatic rings. The molecule has 2 rings (SSSR count). The molecule has 0 aliphatic rings. The summed E-state index contributed by atoms with van der Waals surface area (Å²) >= 11 is 5.79. The molecule has 112 valence electrons.